The van der Waals surface area contributed by atoms with Crippen molar-refractivity contribution in [3.05, 3.63) is 35.4 Å². The van der Waals surface area contributed by atoms with Gasteiger partial charge in [0.05, 0.1) is 6.04 Å². The summed E-state index contributed by atoms with van der Waals surface area (Å²) in [5.41, 5.74) is 7.51. The zero-order valence-corrected chi connectivity index (χ0v) is 11.0. The molecular formula is C14H17N3O2. The molecule has 1 aromatic rings. The molecule has 1 heterocycles. The molecule has 1 aliphatic heterocycles. The topological polar surface area (TPSA) is 84.5 Å². The molecule has 0 bridgehead atoms. The molecule has 5 nitrogen and oxygen atoms in total. The lowest BCUT2D eigenvalue weighted by atomic mass is 9.95. The van der Waals surface area contributed by atoms with Crippen molar-refractivity contribution >= 4 is 17.6 Å². The van der Waals surface area contributed by atoms with Crippen molar-refractivity contribution in [3.8, 4) is 0 Å². The van der Waals surface area contributed by atoms with E-state index in [2.05, 4.69) is 10.3 Å². The first-order valence-corrected chi connectivity index (χ1v) is 6.28. The Morgan fingerprint density at radius 1 is 1.32 bits per heavy atom. The second-order valence-electron chi connectivity index (χ2n) is 4.68. The van der Waals surface area contributed by atoms with Gasteiger partial charge in [-0.3, -0.25) is 9.59 Å². The largest absolute Gasteiger partial charge is 0.321 e. The minimum absolute atomic E-state index is 0.265. The van der Waals surface area contributed by atoms with E-state index in [1.165, 1.54) is 0 Å². The third kappa shape index (κ3) is 2.71. The van der Waals surface area contributed by atoms with Crippen molar-refractivity contribution in [1.82, 2.24) is 5.32 Å². The second-order valence-corrected chi connectivity index (χ2v) is 4.68. The highest BCUT2D eigenvalue weighted by Crippen LogP contribution is 2.21. The summed E-state index contributed by atoms with van der Waals surface area (Å²) in [6.45, 7) is 3.82. The van der Waals surface area contributed by atoms with Crippen molar-refractivity contribution in [3.63, 3.8) is 0 Å². The van der Waals surface area contributed by atoms with Gasteiger partial charge in [-0.2, -0.15) is 4.99 Å². The van der Waals surface area contributed by atoms with E-state index >= 15 is 0 Å². The average molecular weight is 259 g/mol. The molecule has 3 N–H and O–H groups in total. The Morgan fingerprint density at radius 2 is 1.95 bits per heavy atom. The number of carbonyl (C=O) groups is 2. The van der Waals surface area contributed by atoms with Gasteiger partial charge in [0.15, 0.2) is 0 Å². The van der Waals surface area contributed by atoms with E-state index in [1.54, 1.807) is 12.1 Å². The Bertz CT molecular complexity index is 534. The fourth-order valence-corrected chi connectivity index (χ4v) is 1.94. The molecule has 0 saturated heterocycles. The molecular weight excluding hydrogens is 242 g/mol. The highest BCUT2D eigenvalue weighted by Gasteiger charge is 2.34. The first-order chi connectivity index (χ1) is 9.02. The Kier molecular flexibility index (Phi) is 3.76. The van der Waals surface area contributed by atoms with Gasteiger partial charge in [-0.15, -0.1) is 0 Å². The van der Waals surface area contributed by atoms with Crippen molar-refractivity contribution in [2.45, 2.75) is 32.2 Å². The Labute approximate surface area is 111 Å². The smallest absolute Gasteiger partial charge is 0.264 e. The molecule has 1 aliphatic rings. The van der Waals surface area contributed by atoms with Crippen LogP contribution in [0.4, 0.5) is 0 Å². The molecule has 2 amide bonds. The number of aryl methyl sites for hydroxylation is 1. The lowest BCUT2D eigenvalue weighted by molar-refractivity contribution is -0.129. The van der Waals surface area contributed by atoms with Crippen LogP contribution in [0, 0.1) is 6.92 Å². The van der Waals surface area contributed by atoms with Crippen LogP contribution in [-0.2, 0) is 9.59 Å². The van der Waals surface area contributed by atoms with Crippen LogP contribution in [0.25, 0.3) is 0 Å². The molecule has 0 aromatic heterocycles. The predicted octanol–water partition coefficient (Wildman–Crippen LogP) is 0.871. The van der Waals surface area contributed by atoms with Crippen LogP contribution in [0.1, 0.15) is 30.4 Å². The number of aliphatic imine (C=N–C) groups is 1. The quantitative estimate of drug-likeness (QED) is 0.790. The maximum absolute atomic E-state index is 12.1. The van der Waals surface area contributed by atoms with Gasteiger partial charge in [-0.1, -0.05) is 36.8 Å². The molecule has 2 atom stereocenters. The summed E-state index contributed by atoms with van der Waals surface area (Å²) in [7, 11) is 0. The number of amidine groups is 1. The van der Waals surface area contributed by atoms with Gasteiger partial charge in [-0.05, 0) is 18.9 Å². The van der Waals surface area contributed by atoms with Crippen LogP contribution in [0.3, 0.4) is 0 Å². The first-order valence-electron chi connectivity index (χ1n) is 6.28. The lowest BCUT2D eigenvalue weighted by Crippen LogP contribution is -2.50. The van der Waals surface area contributed by atoms with Gasteiger partial charge in [-0.25, -0.2) is 0 Å². The van der Waals surface area contributed by atoms with Crippen molar-refractivity contribution in [2.24, 2.45) is 10.7 Å². The summed E-state index contributed by atoms with van der Waals surface area (Å²) in [5.74, 6) is -1.41. The summed E-state index contributed by atoms with van der Waals surface area (Å²) >= 11 is 0. The molecule has 5 heteroatoms. The molecule has 19 heavy (non-hydrogen) atoms. The van der Waals surface area contributed by atoms with Gasteiger partial charge in [0.1, 0.15) is 11.8 Å². The van der Waals surface area contributed by atoms with Crippen molar-refractivity contribution in [2.75, 3.05) is 0 Å². The zero-order chi connectivity index (χ0) is 14.0. The predicted molar refractivity (Wildman–Crippen MR) is 72.8 cm³/mol. The molecule has 0 fully saturated rings. The normalized spacial score (nSPS) is 20.8. The monoisotopic (exact) mass is 259 g/mol. The third-order valence-electron chi connectivity index (χ3n) is 3.19. The third-order valence-corrected chi connectivity index (χ3v) is 3.19. The first kappa shape index (κ1) is 13.4. The SMILES string of the molecule is CCC(N)C1=NC(=O)C(c2ccc(C)cc2)C(=O)N1. The Balaban J connectivity index is 2.30. The number of hydrogen-bond donors (Lipinski definition) is 2. The standard InChI is InChI=1S/C14H17N3O2/c1-3-10(15)12-16-13(18)11(14(19)17-12)9-6-4-8(2)5-7-9/h4-7,10-11H,3,15H2,1-2H3,(H,16,17,18,19). The van der Waals surface area contributed by atoms with Crippen molar-refractivity contribution in [1.29, 1.82) is 0 Å². The second kappa shape index (κ2) is 5.32. The lowest BCUT2D eigenvalue weighted by Gasteiger charge is -2.23. The number of rotatable bonds is 3. The summed E-state index contributed by atoms with van der Waals surface area (Å²) in [5, 5.41) is 2.63. The maximum Gasteiger partial charge on any atom is 0.264 e. The number of nitrogens with two attached hydrogens (primary N) is 1. The zero-order valence-electron chi connectivity index (χ0n) is 11.0. The molecule has 0 radical (unpaired) electrons. The van der Waals surface area contributed by atoms with E-state index in [-0.39, 0.29) is 11.7 Å². The van der Waals surface area contributed by atoms with Gasteiger partial charge >= 0.3 is 0 Å². The van der Waals surface area contributed by atoms with Crippen LogP contribution in [-0.4, -0.2) is 23.7 Å². The molecule has 0 saturated carbocycles. The van der Waals surface area contributed by atoms with Crippen LogP contribution < -0.4 is 11.1 Å². The molecule has 1 aromatic carbocycles. The van der Waals surface area contributed by atoms with E-state index in [1.807, 2.05) is 26.0 Å². The molecule has 0 spiro atoms. The number of nitrogens with one attached hydrogen (secondary N) is 1. The molecule has 0 aliphatic carbocycles. The van der Waals surface area contributed by atoms with Crippen LogP contribution in [0.15, 0.2) is 29.3 Å². The summed E-state index contributed by atoms with van der Waals surface area (Å²) in [6, 6.07) is 6.88. The highest BCUT2D eigenvalue weighted by atomic mass is 16.2. The number of hydrogen-bond acceptors (Lipinski definition) is 3. The summed E-state index contributed by atoms with van der Waals surface area (Å²) in [4.78, 5) is 28.0. The minimum atomic E-state index is -0.867. The van der Waals surface area contributed by atoms with Gasteiger partial charge in [0, 0.05) is 0 Å². The number of nitrogens with zero attached hydrogens (tertiary/aromatic N) is 1. The van der Waals surface area contributed by atoms with E-state index in [4.69, 9.17) is 5.73 Å². The van der Waals surface area contributed by atoms with Gasteiger partial charge in [0.2, 0.25) is 5.91 Å². The maximum atomic E-state index is 12.1. The van der Waals surface area contributed by atoms with E-state index < -0.39 is 17.9 Å². The summed E-state index contributed by atoms with van der Waals surface area (Å²) in [6.07, 6.45) is 0.613. The van der Waals surface area contributed by atoms with Crippen molar-refractivity contribution < 1.29 is 9.59 Å². The van der Waals surface area contributed by atoms with E-state index in [0.29, 0.717) is 12.0 Å². The number of carbonyl (C=O) groups excluding carboxylic acids is 2. The Morgan fingerprint density at radius 3 is 2.47 bits per heavy atom. The van der Waals surface area contributed by atoms with Crippen LogP contribution in [0.2, 0.25) is 0 Å². The van der Waals surface area contributed by atoms with E-state index in [0.717, 1.165) is 5.56 Å². The van der Waals surface area contributed by atoms with Gasteiger partial charge < -0.3 is 11.1 Å². The molecule has 100 valence electrons. The average Bonchev–Trinajstić information content (AvgIpc) is 2.39. The highest BCUT2D eigenvalue weighted by molar-refractivity contribution is 6.20. The van der Waals surface area contributed by atoms with Crippen LogP contribution in [0.5, 0.6) is 0 Å². The van der Waals surface area contributed by atoms with Gasteiger partial charge in [0.25, 0.3) is 5.91 Å². The summed E-state index contributed by atoms with van der Waals surface area (Å²) < 4.78 is 0. The number of amides is 2. The Hall–Kier alpha value is -2.01. The fourth-order valence-electron chi connectivity index (χ4n) is 1.94. The molecule has 2 unspecified atom stereocenters. The molecule has 2 rings (SSSR count). The van der Waals surface area contributed by atoms with E-state index in [9.17, 15) is 9.59 Å². The minimum Gasteiger partial charge on any atom is -0.321 e. The van der Waals surface area contributed by atoms with Crippen LogP contribution >= 0.6 is 0 Å². The fraction of sp³-hybridized carbons (Fsp3) is 0.357. The number of benzene rings is 1.